The molecule has 0 unspecified atom stereocenters. The standard InChI is InChI=1S/C12H13F4NO2S/c1-19-10-3-2-8(6-9(10)13)7-11(18)17-4-5-20-12(14,15)16/h2-3,6H,4-5,7H2,1H3,(H,17,18). The number of alkyl halides is 3. The first-order valence-electron chi connectivity index (χ1n) is 5.61. The van der Waals surface area contributed by atoms with E-state index in [1.165, 1.54) is 19.2 Å². The van der Waals surface area contributed by atoms with E-state index in [9.17, 15) is 22.4 Å². The zero-order valence-electron chi connectivity index (χ0n) is 10.6. The lowest BCUT2D eigenvalue weighted by Crippen LogP contribution is -2.28. The molecule has 0 saturated carbocycles. The molecule has 1 rings (SSSR count). The van der Waals surface area contributed by atoms with Crippen LogP contribution in [-0.2, 0) is 11.2 Å². The number of ether oxygens (including phenoxy) is 1. The minimum Gasteiger partial charge on any atom is -0.494 e. The molecule has 1 N–H and O–H groups in total. The number of carbonyl (C=O) groups excluding carboxylic acids is 1. The van der Waals surface area contributed by atoms with Gasteiger partial charge in [0.2, 0.25) is 5.91 Å². The number of nitrogens with one attached hydrogen (secondary N) is 1. The lowest BCUT2D eigenvalue weighted by atomic mass is 10.1. The number of thioether (sulfide) groups is 1. The maximum atomic E-state index is 13.4. The number of carbonyl (C=O) groups is 1. The minimum atomic E-state index is -4.30. The topological polar surface area (TPSA) is 38.3 Å². The van der Waals surface area contributed by atoms with Crippen LogP contribution in [0.4, 0.5) is 17.6 Å². The third-order valence-electron chi connectivity index (χ3n) is 2.27. The average molecular weight is 311 g/mol. The Kier molecular flexibility index (Phi) is 6.12. The van der Waals surface area contributed by atoms with Crippen molar-refractivity contribution >= 4 is 17.7 Å². The number of amides is 1. The summed E-state index contributed by atoms with van der Waals surface area (Å²) in [7, 11) is 1.32. The molecule has 0 bridgehead atoms. The molecule has 0 aromatic heterocycles. The van der Waals surface area contributed by atoms with Crippen LogP contribution in [0.15, 0.2) is 18.2 Å². The van der Waals surface area contributed by atoms with Crippen LogP contribution in [0.2, 0.25) is 0 Å². The third kappa shape index (κ3) is 6.14. The molecule has 0 fully saturated rings. The summed E-state index contributed by atoms with van der Waals surface area (Å²) in [5, 5.41) is 2.34. The molecule has 112 valence electrons. The van der Waals surface area contributed by atoms with E-state index < -0.39 is 17.2 Å². The zero-order valence-corrected chi connectivity index (χ0v) is 11.4. The first kappa shape index (κ1) is 16.6. The summed E-state index contributed by atoms with van der Waals surface area (Å²) in [5.74, 6) is -1.25. The molecule has 20 heavy (non-hydrogen) atoms. The quantitative estimate of drug-likeness (QED) is 0.648. The Morgan fingerprint density at radius 3 is 2.65 bits per heavy atom. The van der Waals surface area contributed by atoms with Crippen molar-refractivity contribution in [2.45, 2.75) is 11.9 Å². The monoisotopic (exact) mass is 311 g/mol. The SMILES string of the molecule is COc1ccc(CC(=O)NCCSC(F)(F)F)cc1F. The minimum absolute atomic E-state index is 0.0655. The van der Waals surface area contributed by atoms with Gasteiger partial charge in [-0.15, -0.1) is 0 Å². The summed E-state index contributed by atoms with van der Waals surface area (Å²) in [6.07, 6.45) is -0.0996. The van der Waals surface area contributed by atoms with Crippen molar-refractivity contribution < 1.29 is 27.1 Å². The van der Waals surface area contributed by atoms with Gasteiger partial charge in [0, 0.05) is 12.3 Å². The molecule has 1 amide bonds. The van der Waals surface area contributed by atoms with Crippen LogP contribution >= 0.6 is 11.8 Å². The fourth-order valence-corrected chi connectivity index (χ4v) is 1.86. The molecular formula is C12H13F4NO2S. The zero-order chi connectivity index (χ0) is 15.2. The number of hydrogen-bond donors (Lipinski definition) is 1. The van der Waals surface area contributed by atoms with Crippen molar-refractivity contribution in [2.24, 2.45) is 0 Å². The molecule has 3 nitrogen and oxygen atoms in total. The van der Waals surface area contributed by atoms with E-state index in [0.29, 0.717) is 5.56 Å². The van der Waals surface area contributed by atoms with Crippen molar-refractivity contribution in [2.75, 3.05) is 19.4 Å². The van der Waals surface area contributed by atoms with Crippen LogP contribution in [-0.4, -0.2) is 30.8 Å². The van der Waals surface area contributed by atoms with Crippen LogP contribution in [0.3, 0.4) is 0 Å². The fraction of sp³-hybridized carbons (Fsp3) is 0.417. The highest BCUT2D eigenvalue weighted by molar-refractivity contribution is 8.00. The van der Waals surface area contributed by atoms with Gasteiger partial charge in [-0.2, -0.15) is 13.2 Å². The summed E-state index contributed by atoms with van der Waals surface area (Å²) in [5.41, 5.74) is -3.88. The fourth-order valence-electron chi connectivity index (χ4n) is 1.42. The number of hydrogen-bond acceptors (Lipinski definition) is 3. The Bertz CT molecular complexity index is 465. The summed E-state index contributed by atoms with van der Waals surface area (Å²) >= 11 is -0.202. The summed E-state index contributed by atoms with van der Waals surface area (Å²) in [6, 6.07) is 4.06. The highest BCUT2D eigenvalue weighted by atomic mass is 32.2. The lowest BCUT2D eigenvalue weighted by molar-refractivity contribution is -0.120. The molecule has 8 heteroatoms. The second kappa shape index (κ2) is 7.37. The summed E-state index contributed by atoms with van der Waals surface area (Å²) in [4.78, 5) is 11.4. The molecule has 1 aromatic rings. The molecule has 1 aromatic carbocycles. The van der Waals surface area contributed by atoms with Crippen molar-refractivity contribution in [3.8, 4) is 5.75 Å². The third-order valence-corrected chi connectivity index (χ3v) is 3.01. The van der Waals surface area contributed by atoms with E-state index in [4.69, 9.17) is 4.74 Å². The normalized spacial score (nSPS) is 11.2. The number of halogens is 4. The largest absolute Gasteiger partial charge is 0.494 e. The van der Waals surface area contributed by atoms with Gasteiger partial charge >= 0.3 is 5.51 Å². The van der Waals surface area contributed by atoms with Crippen LogP contribution in [0.25, 0.3) is 0 Å². The maximum absolute atomic E-state index is 13.4. The van der Waals surface area contributed by atoms with Crippen LogP contribution in [0, 0.1) is 5.82 Å². The average Bonchev–Trinajstić information content (AvgIpc) is 2.34. The number of benzene rings is 1. The Morgan fingerprint density at radius 1 is 1.40 bits per heavy atom. The molecule has 0 aliphatic carbocycles. The highest BCUT2D eigenvalue weighted by Gasteiger charge is 2.27. The van der Waals surface area contributed by atoms with Gasteiger partial charge in [-0.3, -0.25) is 4.79 Å². The Balaban J connectivity index is 2.37. The summed E-state index contributed by atoms with van der Waals surface area (Å²) in [6.45, 7) is -0.0956. The molecule has 0 spiro atoms. The number of methoxy groups -OCH3 is 1. The van der Waals surface area contributed by atoms with E-state index in [1.54, 1.807) is 0 Å². The van der Waals surface area contributed by atoms with Gasteiger partial charge in [0.25, 0.3) is 0 Å². The number of rotatable bonds is 6. The van der Waals surface area contributed by atoms with E-state index in [2.05, 4.69) is 5.32 Å². The van der Waals surface area contributed by atoms with Crippen molar-refractivity contribution in [1.82, 2.24) is 5.32 Å². The van der Waals surface area contributed by atoms with Crippen LogP contribution < -0.4 is 10.1 Å². The molecule has 0 aliphatic rings. The molecule has 0 heterocycles. The van der Waals surface area contributed by atoms with Gasteiger partial charge < -0.3 is 10.1 Å². The Morgan fingerprint density at radius 2 is 2.10 bits per heavy atom. The van der Waals surface area contributed by atoms with Crippen molar-refractivity contribution in [3.63, 3.8) is 0 Å². The Hall–Kier alpha value is -1.44. The van der Waals surface area contributed by atoms with Crippen molar-refractivity contribution in [3.05, 3.63) is 29.6 Å². The van der Waals surface area contributed by atoms with E-state index in [-0.39, 0.29) is 36.2 Å². The van der Waals surface area contributed by atoms with Gasteiger partial charge in [0.1, 0.15) is 0 Å². The molecule has 0 saturated heterocycles. The molecule has 0 atom stereocenters. The van der Waals surface area contributed by atoms with E-state index >= 15 is 0 Å². The molecule has 0 radical (unpaired) electrons. The maximum Gasteiger partial charge on any atom is 0.441 e. The van der Waals surface area contributed by atoms with Gasteiger partial charge in [-0.05, 0) is 29.5 Å². The second-order valence-corrected chi connectivity index (χ2v) is 4.95. The molecular weight excluding hydrogens is 298 g/mol. The first-order valence-corrected chi connectivity index (χ1v) is 6.60. The van der Waals surface area contributed by atoms with Crippen LogP contribution in [0.5, 0.6) is 5.75 Å². The first-order chi connectivity index (χ1) is 9.31. The summed E-state index contributed by atoms with van der Waals surface area (Å²) < 4.78 is 53.6. The lowest BCUT2D eigenvalue weighted by Gasteiger charge is -2.08. The smallest absolute Gasteiger partial charge is 0.441 e. The van der Waals surface area contributed by atoms with Crippen molar-refractivity contribution in [1.29, 1.82) is 0 Å². The van der Waals surface area contributed by atoms with Gasteiger partial charge in [-0.1, -0.05) is 6.07 Å². The van der Waals surface area contributed by atoms with Crippen LogP contribution in [0.1, 0.15) is 5.56 Å². The van der Waals surface area contributed by atoms with Gasteiger partial charge in [-0.25, -0.2) is 4.39 Å². The van der Waals surface area contributed by atoms with Gasteiger partial charge in [0.15, 0.2) is 11.6 Å². The predicted molar refractivity (Wildman–Crippen MR) is 68.2 cm³/mol. The molecule has 0 aliphatic heterocycles. The van der Waals surface area contributed by atoms with E-state index in [1.807, 2.05) is 0 Å². The second-order valence-electron chi connectivity index (χ2n) is 3.79. The highest BCUT2D eigenvalue weighted by Crippen LogP contribution is 2.29. The van der Waals surface area contributed by atoms with Gasteiger partial charge in [0.05, 0.1) is 13.5 Å². The predicted octanol–water partition coefficient (Wildman–Crippen LogP) is 2.75. The van der Waals surface area contributed by atoms with E-state index in [0.717, 1.165) is 6.07 Å². The Labute approximate surface area is 117 Å².